The van der Waals surface area contributed by atoms with Gasteiger partial charge in [-0.15, -0.1) is 0 Å². The summed E-state index contributed by atoms with van der Waals surface area (Å²) in [6.45, 7) is 0.219. The van der Waals surface area contributed by atoms with Crippen molar-refractivity contribution >= 4 is 16.9 Å². The first-order valence-corrected chi connectivity index (χ1v) is 9.60. The Hall–Kier alpha value is -4.13. The van der Waals surface area contributed by atoms with E-state index in [4.69, 9.17) is 9.47 Å². The maximum atomic E-state index is 13.6. The molecule has 4 aromatic rings. The van der Waals surface area contributed by atoms with Crippen molar-refractivity contribution < 1.29 is 14.3 Å². The number of fused-ring (bicyclic) bond motifs is 1. The lowest BCUT2D eigenvalue weighted by molar-refractivity contribution is 0.0600. The molecule has 0 spiro atoms. The van der Waals surface area contributed by atoms with E-state index in [-0.39, 0.29) is 17.8 Å². The van der Waals surface area contributed by atoms with Crippen molar-refractivity contribution in [2.45, 2.75) is 6.54 Å². The summed E-state index contributed by atoms with van der Waals surface area (Å²) in [6, 6.07) is 20.7. The zero-order valence-electron chi connectivity index (χ0n) is 17.1. The van der Waals surface area contributed by atoms with Crippen molar-refractivity contribution in [2.75, 3.05) is 14.2 Å². The van der Waals surface area contributed by atoms with Gasteiger partial charge in [0, 0.05) is 0 Å². The minimum atomic E-state index is -0.630. The number of para-hydroxylation sites is 2. The Morgan fingerprint density at radius 1 is 0.903 bits per heavy atom. The summed E-state index contributed by atoms with van der Waals surface area (Å²) >= 11 is 0. The fourth-order valence-corrected chi connectivity index (χ4v) is 3.59. The van der Waals surface area contributed by atoms with E-state index in [9.17, 15) is 14.4 Å². The molecule has 0 saturated heterocycles. The molecule has 7 nitrogen and oxygen atoms in total. The summed E-state index contributed by atoms with van der Waals surface area (Å²) in [5.41, 5.74) is 0.591. The van der Waals surface area contributed by atoms with Crippen molar-refractivity contribution in [1.82, 2.24) is 9.13 Å². The summed E-state index contributed by atoms with van der Waals surface area (Å²) in [5.74, 6) is 0.0358. The Morgan fingerprint density at radius 2 is 1.65 bits per heavy atom. The van der Waals surface area contributed by atoms with Gasteiger partial charge in [0.05, 0.1) is 42.9 Å². The number of carbonyl (C=O) groups is 1. The molecule has 4 rings (SSSR count). The van der Waals surface area contributed by atoms with Gasteiger partial charge in [0.15, 0.2) is 0 Å². The SMILES string of the molecule is COC(=O)c1ccccc1-n1c(=O)c2ccccc2n(Cc2cccc(OC)c2)c1=O. The van der Waals surface area contributed by atoms with Gasteiger partial charge in [-0.3, -0.25) is 9.36 Å². The quantitative estimate of drug-likeness (QED) is 0.468. The Balaban J connectivity index is 2.02. The fourth-order valence-electron chi connectivity index (χ4n) is 3.59. The van der Waals surface area contributed by atoms with Crippen molar-refractivity contribution in [3.63, 3.8) is 0 Å². The summed E-state index contributed by atoms with van der Waals surface area (Å²) in [4.78, 5) is 39.1. The molecule has 0 bridgehead atoms. The third-order valence-electron chi connectivity index (χ3n) is 5.08. The molecule has 156 valence electrons. The maximum Gasteiger partial charge on any atom is 0.339 e. The van der Waals surface area contributed by atoms with Gasteiger partial charge in [-0.25, -0.2) is 14.2 Å². The Kier molecular flexibility index (Phi) is 5.41. The van der Waals surface area contributed by atoms with E-state index in [0.29, 0.717) is 16.7 Å². The van der Waals surface area contributed by atoms with Crippen LogP contribution in [0.25, 0.3) is 16.6 Å². The van der Waals surface area contributed by atoms with Crippen LogP contribution in [0.5, 0.6) is 5.75 Å². The third-order valence-corrected chi connectivity index (χ3v) is 5.08. The average molecular weight is 416 g/mol. The van der Waals surface area contributed by atoms with E-state index in [1.165, 1.54) is 17.7 Å². The second-order valence-electron chi connectivity index (χ2n) is 6.89. The number of rotatable bonds is 5. The van der Waals surface area contributed by atoms with Gasteiger partial charge in [-0.05, 0) is 42.0 Å². The normalized spacial score (nSPS) is 10.8. The number of esters is 1. The van der Waals surface area contributed by atoms with Crippen molar-refractivity contribution in [3.8, 4) is 11.4 Å². The zero-order chi connectivity index (χ0) is 22.0. The lowest BCUT2D eigenvalue weighted by atomic mass is 10.1. The molecule has 0 amide bonds. The molecule has 0 saturated carbocycles. The highest BCUT2D eigenvalue weighted by Gasteiger charge is 2.19. The summed E-state index contributed by atoms with van der Waals surface area (Å²) in [5, 5.41) is 0.365. The van der Waals surface area contributed by atoms with Crippen molar-refractivity contribution in [2.24, 2.45) is 0 Å². The molecule has 0 atom stereocenters. The summed E-state index contributed by atoms with van der Waals surface area (Å²) in [7, 11) is 2.83. The first-order chi connectivity index (χ1) is 15.0. The number of methoxy groups -OCH3 is 2. The second kappa shape index (κ2) is 8.31. The van der Waals surface area contributed by atoms with Crippen LogP contribution in [0.4, 0.5) is 0 Å². The van der Waals surface area contributed by atoms with E-state index < -0.39 is 17.2 Å². The molecule has 0 aliphatic heterocycles. The van der Waals surface area contributed by atoms with Crippen LogP contribution >= 0.6 is 0 Å². The number of aromatic nitrogens is 2. The van der Waals surface area contributed by atoms with Crippen LogP contribution in [0.3, 0.4) is 0 Å². The highest BCUT2D eigenvalue weighted by Crippen LogP contribution is 2.17. The number of nitrogens with zero attached hydrogens (tertiary/aromatic N) is 2. The van der Waals surface area contributed by atoms with Crippen LogP contribution in [-0.2, 0) is 11.3 Å². The monoisotopic (exact) mass is 416 g/mol. The molecule has 1 aromatic heterocycles. The second-order valence-corrected chi connectivity index (χ2v) is 6.89. The highest BCUT2D eigenvalue weighted by molar-refractivity contribution is 5.93. The molecule has 0 aliphatic carbocycles. The van der Waals surface area contributed by atoms with Crippen LogP contribution in [-0.4, -0.2) is 29.3 Å². The lowest BCUT2D eigenvalue weighted by Crippen LogP contribution is -2.40. The van der Waals surface area contributed by atoms with E-state index in [1.54, 1.807) is 49.6 Å². The molecule has 7 heteroatoms. The number of benzene rings is 3. The van der Waals surface area contributed by atoms with Crippen LogP contribution in [0.15, 0.2) is 82.4 Å². The van der Waals surface area contributed by atoms with Crippen molar-refractivity contribution in [3.05, 3.63) is 105 Å². The average Bonchev–Trinajstić information content (AvgIpc) is 2.82. The Bertz CT molecular complexity index is 1400. The number of carbonyl (C=O) groups excluding carboxylic acids is 1. The standard InChI is InChI=1S/C24H20N2O5/c1-30-17-9-7-8-16(14-17)15-25-20-12-5-3-10-18(20)22(27)26(24(25)29)21-13-6-4-11-19(21)23(28)31-2/h3-14H,15H2,1-2H3. The van der Waals surface area contributed by atoms with Crippen LogP contribution in [0, 0.1) is 0 Å². The molecule has 31 heavy (non-hydrogen) atoms. The van der Waals surface area contributed by atoms with Gasteiger partial charge < -0.3 is 9.47 Å². The molecular weight excluding hydrogens is 396 g/mol. The molecule has 0 radical (unpaired) electrons. The van der Waals surface area contributed by atoms with Gasteiger partial charge >= 0.3 is 11.7 Å². The Labute approximate surface area is 177 Å². The number of ether oxygens (including phenoxy) is 2. The first-order valence-electron chi connectivity index (χ1n) is 9.60. The number of hydrogen-bond acceptors (Lipinski definition) is 5. The lowest BCUT2D eigenvalue weighted by Gasteiger charge is -2.16. The molecule has 0 unspecified atom stereocenters. The molecule has 0 N–H and O–H groups in total. The van der Waals surface area contributed by atoms with E-state index in [2.05, 4.69) is 0 Å². The highest BCUT2D eigenvalue weighted by atomic mass is 16.5. The smallest absolute Gasteiger partial charge is 0.339 e. The number of hydrogen-bond donors (Lipinski definition) is 0. The summed E-state index contributed by atoms with van der Waals surface area (Å²) < 4.78 is 12.7. The predicted octanol–water partition coefficient (Wildman–Crippen LogP) is 3.00. The molecule has 0 fully saturated rings. The summed E-state index contributed by atoms with van der Waals surface area (Å²) in [6.07, 6.45) is 0. The van der Waals surface area contributed by atoms with Gasteiger partial charge in [0.25, 0.3) is 5.56 Å². The van der Waals surface area contributed by atoms with E-state index >= 15 is 0 Å². The van der Waals surface area contributed by atoms with Gasteiger partial charge in [-0.2, -0.15) is 0 Å². The fraction of sp³-hybridized carbons (Fsp3) is 0.125. The zero-order valence-corrected chi connectivity index (χ0v) is 17.1. The van der Waals surface area contributed by atoms with Gasteiger partial charge in [-0.1, -0.05) is 36.4 Å². The molecule has 1 heterocycles. The van der Waals surface area contributed by atoms with Crippen LogP contribution in [0.2, 0.25) is 0 Å². The topological polar surface area (TPSA) is 79.5 Å². The van der Waals surface area contributed by atoms with E-state index in [0.717, 1.165) is 10.1 Å². The first kappa shape index (κ1) is 20.2. The minimum Gasteiger partial charge on any atom is -0.497 e. The van der Waals surface area contributed by atoms with Gasteiger partial charge in [0.2, 0.25) is 0 Å². The third kappa shape index (κ3) is 3.61. The van der Waals surface area contributed by atoms with Crippen LogP contribution in [0.1, 0.15) is 15.9 Å². The largest absolute Gasteiger partial charge is 0.497 e. The maximum absolute atomic E-state index is 13.6. The molecule has 3 aromatic carbocycles. The molecular formula is C24H20N2O5. The predicted molar refractivity (Wildman–Crippen MR) is 117 cm³/mol. The van der Waals surface area contributed by atoms with Crippen LogP contribution < -0.4 is 16.0 Å². The van der Waals surface area contributed by atoms with Gasteiger partial charge in [0.1, 0.15) is 5.75 Å². The van der Waals surface area contributed by atoms with Crippen molar-refractivity contribution in [1.29, 1.82) is 0 Å². The Morgan fingerprint density at radius 3 is 2.42 bits per heavy atom. The minimum absolute atomic E-state index is 0.132. The molecule has 0 aliphatic rings. The van der Waals surface area contributed by atoms with E-state index in [1.807, 2.05) is 24.3 Å².